The summed E-state index contributed by atoms with van der Waals surface area (Å²) in [6.45, 7) is 2.40. The Morgan fingerprint density at radius 1 is 1.35 bits per heavy atom. The lowest BCUT2D eigenvalue weighted by Gasteiger charge is -2.10. The van der Waals surface area contributed by atoms with Crippen molar-refractivity contribution < 1.29 is 14.7 Å². The molecule has 26 heavy (non-hydrogen) atoms. The molecule has 0 atom stereocenters. The molecule has 0 aliphatic heterocycles. The molecule has 1 saturated carbocycles. The Balaban J connectivity index is 1.74. The summed E-state index contributed by atoms with van der Waals surface area (Å²) in [5, 5.41) is 16.6. The van der Waals surface area contributed by atoms with Gasteiger partial charge in [-0.05, 0) is 50.3 Å². The fourth-order valence-corrected chi connectivity index (χ4v) is 3.07. The van der Waals surface area contributed by atoms with E-state index in [9.17, 15) is 9.59 Å². The lowest BCUT2D eigenvalue weighted by atomic mass is 10.1. The van der Waals surface area contributed by atoms with E-state index in [-0.39, 0.29) is 12.3 Å². The standard InChI is InChI=1S/C19H22ClN3O3/c1-12-5-8-14(10-16(12)20)23-18(13-6-7-13)15(11-22-23)19(26)21-9-3-2-4-17(24)25/h5,8,10-11,13H,2-4,6-7,9H2,1H3,(H,21,26)(H,24,25). The number of nitrogens with one attached hydrogen (secondary N) is 1. The molecule has 6 nitrogen and oxygen atoms in total. The molecule has 1 fully saturated rings. The van der Waals surface area contributed by atoms with Crippen LogP contribution in [0.4, 0.5) is 0 Å². The van der Waals surface area contributed by atoms with E-state index in [1.807, 2.05) is 29.8 Å². The number of carbonyl (C=O) groups is 2. The molecule has 1 aliphatic rings. The molecule has 0 bridgehead atoms. The molecule has 2 N–H and O–H groups in total. The van der Waals surface area contributed by atoms with Gasteiger partial charge >= 0.3 is 5.97 Å². The molecule has 3 rings (SSSR count). The molecule has 7 heteroatoms. The van der Waals surface area contributed by atoms with Crippen molar-refractivity contribution in [1.29, 1.82) is 0 Å². The quantitative estimate of drug-likeness (QED) is 0.689. The predicted molar refractivity (Wildman–Crippen MR) is 99.1 cm³/mol. The SMILES string of the molecule is Cc1ccc(-n2ncc(C(=O)NCCCCC(=O)O)c2C2CC2)cc1Cl. The Kier molecular flexibility index (Phi) is 5.61. The van der Waals surface area contributed by atoms with Crippen molar-refractivity contribution in [3.8, 4) is 5.69 Å². The zero-order valence-corrected chi connectivity index (χ0v) is 15.4. The van der Waals surface area contributed by atoms with Crippen molar-refractivity contribution in [2.75, 3.05) is 6.54 Å². The third-order valence-corrected chi connectivity index (χ3v) is 4.93. The van der Waals surface area contributed by atoms with Gasteiger partial charge in [-0.1, -0.05) is 17.7 Å². The Morgan fingerprint density at radius 2 is 2.12 bits per heavy atom. The second-order valence-electron chi connectivity index (χ2n) is 6.67. The molecule has 0 spiro atoms. The lowest BCUT2D eigenvalue weighted by molar-refractivity contribution is -0.137. The molecule has 1 amide bonds. The first-order chi connectivity index (χ1) is 12.5. The third kappa shape index (κ3) is 4.25. The highest BCUT2D eigenvalue weighted by atomic mass is 35.5. The van der Waals surface area contributed by atoms with Gasteiger partial charge in [-0.15, -0.1) is 0 Å². The van der Waals surface area contributed by atoms with Gasteiger partial charge in [0.05, 0.1) is 23.1 Å². The van der Waals surface area contributed by atoms with Gasteiger partial charge in [-0.25, -0.2) is 4.68 Å². The smallest absolute Gasteiger partial charge is 0.303 e. The maximum absolute atomic E-state index is 12.6. The first-order valence-electron chi connectivity index (χ1n) is 8.82. The number of halogens is 1. The number of amides is 1. The molecule has 0 unspecified atom stereocenters. The van der Waals surface area contributed by atoms with Gasteiger partial charge in [0, 0.05) is 23.9 Å². The molecule has 0 radical (unpaired) electrons. The van der Waals surface area contributed by atoms with Crippen molar-refractivity contribution in [3.05, 3.63) is 46.2 Å². The van der Waals surface area contributed by atoms with Gasteiger partial charge in [0.25, 0.3) is 5.91 Å². The number of rotatable bonds is 8. The van der Waals surface area contributed by atoms with Crippen LogP contribution in [0.15, 0.2) is 24.4 Å². The topological polar surface area (TPSA) is 84.2 Å². The molecular formula is C19H22ClN3O3. The fraction of sp³-hybridized carbons (Fsp3) is 0.421. The lowest BCUT2D eigenvalue weighted by Crippen LogP contribution is -2.25. The van der Waals surface area contributed by atoms with Crippen LogP contribution in [0.5, 0.6) is 0 Å². The summed E-state index contributed by atoms with van der Waals surface area (Å²) in [5.74, 6) is -0.637. The second-order valence-corrected chi connectivity index (χ2v) is 7.08. The summed E-state index contributed by atoms with van der Waals surface area (Å²) in [7, 11) is 0. The molecule has 2 aromatic rings. The number of unbranched alkanes of at least 4 members (excludes halogenated alkanes) is 1. The van der Waals surface area contributed by atoms with Crippen LogP contribution in [-0.4, -0.2) is 33.3 Å². The minimum absolute atomic E-state index is 0.120. The molecular weight excluding hydrogens is 354 g/mol. The van der Waals surface area contributed by atoms with Gasteiger partial charge in [-0.3, -0.25) is 9.59 Å². The van der Waals surface area contributed by atoms with Gasteiger partial charge in [-0.2, -0.15) is 5.10 Å². The monoisotopic (exact) mass is 375 g/mol. The van der Waals surface area contributed by atoms with Gasteiger partial charge in [0.2, 0.25) is 0 Å². The summed E-state index contributed by atoms with van der Waals surface area (Å²) in [5.41, 5.74) is 3.35. The number of benzene rings is 1. The normalized spacial score (nSPS) is 13.6. The van der Waals surface area contributed by atoms with E-state index in [4.69, 9.17) is 16.7 Å². The molecule has 1 aliphatic carbocycles. The van der Waals surface area contributed by atoms with E-state index < -0.39 is 5.97 Å². The summed E-state index contributed by atoms with van der Waals surface area (Å²) >= 11 is 6.24. The van der Waals surface area contributed by atoms with Crippen LogP contribution >= 0.6 is 11.6 Å². The largest absolute Gasteiger partial charge is 0.481 e. The van der Waals surface area contributed by atoms with Crippen LogP contribution in [0.3, 0.4) is 0 Å². The number of nitrogens with zero attached hydrogens (tertiary/aromatic N) is 2. The van der Waals surface area contributed by atoms with E-state index in [1.165, 1.54) is 0 Å². The summed E-state index contributed by atoms with van der Waals surface area (Å²) in [4.78, 5) is 23.1. The number of carbonyl (C=O) groups excluding carboxylic acids is 1. The average molecular weight is 376 g/mol. The first kappa shape index (κ1) is 18.5. The number of hydrogen-bond acceptors (Lipinski definition) is 3. The van der Waals surface area contributed by atoms with Crippen LogP contribution in [0.1, 0.15) is 59.6 Å². The zero-order valence-electron chi connectivity index (χ0n) is 14.7. The Hall–Kier alpha value is -2.34. The zero-order chi connectivity index (χ0) is 18.7. The van der Waals surface area contributed by atoms with Crippen molar-refractivity contribution in [1.82, 2.24) is 15.1 Å². The molecule has 0 saturated heterocycles. The fourth-order valence-electron chi connectivity index (χ4n) is 2.90. The Labute approximate surface area is 157 Å². The summed E-state index contributed by atoms with van der Waals surface area (Å²) < 4.78 is 1.81. The summed E-state index contributed by atoms with van der Waals surface area (Å²) in [6.07, 6.45) is 5.00. The first-order valence-corrected chi connectivity index (χ1v) is 9.19. The van der Waals surface area contributed by atoms with Crippen LogP contribution in [0.2, 0.25) is 5.02 Å². The van der Waals surface area contributed by atoms with Crippen molar-refractivity contribution in [3.63, 3.8) is 0 Å². The number of carboxylic acid groups (broad SMARTS) is 1. The maximum atomic E-state index is 12.6. The average Bonchev–Trinajstić information content (AvgIpc) is 3.34. The second kappa shape index (κ2) is 7.91. The minimum atomic E-state index is -0.814. The number of carboxylic acids is 1. The Morgan fingerprint density at radius 3 is 2.77 bits per heavy atom. The predicted octanol–water partition coefficient (Wildman–Crippen LogP) is 3.70. The van der Waals surface area contributed by atoms with E-state index in [1.54, 1.807) is 6.20 Å². The van der Waals surface area contributed by atoms with E-state index >= 15 is 0 Å². The van der Waals surface area contributed by atoms with Crippen molar-refractivity contribution in [2.24, 2.45) is 0 Å². The van der Waals surface area contributed by atoms with Crippen LogP contribution in [-0.2, 0) is 4.79 Å². The number of aryl methyl sites for hydroxylation is 1. The maximum Gasteiger partial charge on any atom is 0.303 e. The highest BCUT2D eigenvalue weighted by molar-refractivity contribution is 6.31. The van der Waals surface area contributed by atoms with E-state index in [2.05, 4.69) is 10.4 Å². The van der Waals surface area contributed by atoms with Crippen molar-refractivity contribution >= 4 is 23.5 Å². The van der Waals surface area contributed by atoms with E-state index in [0.29, 0.717) is 35.9 Å². The highest BCUT2D eigenvalue weighted by Gasteiger charge is 2.32. The third-order valence-electron chi connectivity index (χ3n) is 4.52. The van der Waals surface area contributed by atoms with Gasteiger partial charge in [0.15, 0.2) is 0 Å². The number of aromatic nitrogens is 2. The molecule has 138 valence electrons. The molecule has 1 aromatic carbocycles. The Bertz CT molecular complexity index is 827. The van der Waals surface area contributed by atoms with Crippen molar-refractivity contribution in [2.45, 2.75) is 44.9 Å². The molecule has 1 heterocycles. The van der Waals surface area contributed by atoms with Gasteiger partial charge in [0.1, 0.15) is 0 Å². The van der Waals surface area contributed by atoms with Crippen LogP contribution in [0, 0.1) is 6.92 Å². The van der Waals surface area contributed by atoms with E-state index in [0.717, 1.165) is 29.8 Å². The van der Waals surface area contributed by atoms with Crippen LogP contribution in [0.25, 0.3) is 5.69 Å². The minimum Gasteiger partial charge on any atom is -0.481 e. The number of aliphatic carboxylic acids is 1. The number of hydrogen-bond donors (Lipinski definition) is 2. The summed E-state index contributed by atoms with van der Waals surface area (Å²) in [6, 6.07) is 5.76. The van der Waals surface area contributed by atoms with Gasteiger partial charge < -0.3 is 10.4 Å². The van der Waals surface area contributed by atoms with Crippen LogP contribution < -0.4 is 5.32 Å². The highest BCUT2D eigenvalue weighted by Crippen LogP contribution is 2.42. The molecule has 1 aromatic heterocycles.